The van der Waals surface area contributed by atoms with Gasteiger partial charge in [-0.1, -0.05) is 6.92 Å². The Morgan fingerprint density at radius 2 is 2.25 bits per heavy atom. The van der Waals surface area contributed by atoms with Crippen LogP contribution in [0, 0.1) is 0 Å². The quantitative estimate of drug-likeness (QED) is 0.765. The Morgan fingerprint density at radius 1 is 1.44 bits per heavy atom. The summed E-state index contributed by atoms with van der Waals surface area (Å²) in [4.78, 5) is 15.5. The number of rotatable bonds is 1. The van der Waals surface area contributed by atoms with Gasteiger partial charge in [-0.2, -0.15) is 0 Å². The first-order valence-corrected chi connectivity index (χ1v) is 5.66. The van der Waals surface area contributed by atoms with Crippen LogP contribution in [0.25, 0.3) is 0 Å². The van der Waals surface area contributed by atoms with Crippen molar-refractivity contribution in [3.8, 4) is 0 Å². The summed E-state index contributed by atoms with van der Waals surface area (Å²) in [5.41, 5.74) is 0.796. The van der Waals surface area contributed by atoms with Crippen LogP contribution in [0.3, 0.4) is 0 Å². The second kappa shape index (κ2) is 3.17. The predicted molar refractivity (Wildman–Crippen MR) is 62.5 cm³/mol. The number of nitrogens with one attached hydrogen (secondary N) is 1. The molecule has 84 valence electrons. The van der Waals surface area contributed by atoms with Crippen LogP contribution in [-0.4, -0.2) is 39.5 Å². The Bertz CT molecular complexity index is 455. The van der Waals surface area contributed by atoms with Gasteiger partial charge in [-0.3, -0.25) is 4.99 Å². The fourth-order valence-electron chi connectivity index (χ4n) is 2.33. The minimum Gasteiger partial charge on any atom is -0.346 e. The largest absolute Gasteiger partial charge is 0.346 e. The molecule has 3 heterocycles. The first kappa shape index (κ1) is 9.57. The van der Waals surface area contributed by atoms with Gasteiger partial charge >= 0.3 is 0 Å². The lowest BCUT2D eigenvalue weighted by Gasteiger charge is -2.44. The third-order valence-corrected chi connectivity index (χ3v) is 3.42. The van der Waals surface area contributed by atoms with Crippen LogP contribution in [0.15, 0.2) is 17.4 Å². The van der Waals surface area contributed by atoms with Gasteiger partial charge in [0.25, 0.3) is 0 Å². The van der Waals surface area contributed by atoms with E-state index >= 15 is 0 Å². The van der Waals surface area contributed by atoms with Crippen LogP contribution in [-0.2, 0) is 0 Å². The highest BCUT2D eigenvalue weighted by Gasteiger charge is 2.41. The number of amidine groups is 1. The van der Waals surface area contributed by atoms with Crippen molar-refractivity contribution in [2.75, 3.05) is 18.4 Å². The Balaban J connectivity index is 2.15. The Kier molecular flexibility index (Phi) is 1.89. The lowest BCUT2D eigenvalue weighted by atomic mass is 10.0. The molecule has 1 unspecified atom stereocenters. The number of fused-ring (bicyclic) bond motifs is 3. The fourth-order valence-corrected chi connectivity index (χ4v) is 2.33. The minimum absolute atomic E-state index is 0.0850. The molecule has 0 saturated carbocycles. The summed E-state index contributed by atoms with van der Waals surface area (Å²) in [6, 6.07) is 0. The van der Waals surface area contributed by atoms with Gasteiger partial charge in [0.1, 0.15) is 11.4 Å². The van der Waals surface area contributed by atoms with Gasteiger partial charge in [0.15, 0.2) is 11.7 Å². The summed E-state index contributed by atoms with van der Waals surface area (Å²) in [7, 11) is 0. The van der Waals surface area contributed by atoms with E-state index in [1.165, 1.54) is 0 Å². The van der Waals surface area contributed by atoms with E-state index in [0.29, 0.717) is 0 Å². The SMILES string of the molecule is CCC1(C)Nc2nccnc2C2=NCCN21. The number of aliphatic imine (C=N–C) groups is 1. The molecule has 2 aliphatic heterocycles. The van der Waals surface area contributed by atoms with Crippen molar-refractivity contribution in [2.24, 2.45) is 4.99 Å². The zero-order valence-corrected chi connectivity index (χ0v) is 9.56. The average molecular weight is 217 g/mol. The second-order valence-corrected chi connectivity index (χ2v) is 4.36. The van der Waals surface area contributed by atoms with Gasteiger partial charge in [0.2, 0.25) is 0 Å². The average Bonchev–Trinajstić information content (AvgIpc) is 2.79. The van der Waals surface area contributed by atoms with E-state index in [-0.39, 0.29) is 5.66 Å². The maximum Gasteiger partial charge on any atom is 0.157 e. The minimum atomic E-state index is -0.0850. The molecule has 0 aromatic carbocycles. The van der Waals surface area contributed by atoms with Crippen LogP contribution >= 0.6 is 0 Å². The number of hydrogen-bond acceptors (Lipinski definition) is 5. The maximum absolute atomic E-state index is 4.54. The standard InChI is InChI=1S/C11H15N5/c1-3-11(2)15-9-8(12-4-5-13-9)10-14-6-7-16(10)11/h4-5H,3,6-7H2,1-2H3,(H,13,15). The van der Waals surface area contributed by atoms with Gasteiger partial charge in [0, 0.05) is 18.9 Å². The predicted octanol–water partition coefficient (Wildman–Crippen LogP) is 1.09. The second-order valence-electron chi connectivity index (χ2n) is 4.36. The van der Waals surface area contributed by atoms with Crippen molar-refractivity contribution in [1.29, 1.82) is 0 Å². The van der Waals surface area contributed by atoms with Crippen LogP contribution < -0.4 is 5.32 Å². The zero-order valence-electron chi connectivity index (χ0n) is 9.56. The zero-order chi connectivity index (χ0) is 11.2. The Morgan fingerprint density at radius 3 is 3.06 bits per heavy atom. The molecule has 0 spiro atoms. The molecule has 0 aliphatic carbocycles. The molecular formula is C11H15N5. The van der Waals surface area contributed by atoms with Crippen LogP contribution in [0.5, 0.6) is 0 Å². The highest BCUT2D eigenvalue weighted by atomic mass is 15.4. The third kappa shape index (κ3) is 1.14. The van der Waals surface area contributed by atoms with E-state index in [2.05, 4.69) is 39.0 Å². The molecule has 1 atom stereocenters. The van der Waals surface area contributed by atoms with Gasteiger partial charge in [-0.25, -0.2) is 9.97 Å². The summed E-state index contributed by atoms with van der Waals surface area (Å²) in [5, 5.41) is 3.47. The van der Waals surface area contributed by atoms with E-state index in [0.717, 1.165) is 36.9 Å². The highest BCUT2D eigenvalue weighted by Crippen LogP contribution is 2.32. The highest BCUT2D eigenvalue weighted by molar-refractivity contribution is 6.04. The van der Waals surface area contributed by atoms with Crippen molar-refractivity contribution in [3.05, 3.63) is 18.1 Å². The van der Waals surface area contributed by atoms with E-state index in [1.54, 1.807) is 12.4 Å². The first-order chi connectivity index (χ1) is 7.74. The molecule has 0 saturated heterocycles. The molecule has 0 fully saturated rings. The van der Waals surface area contributed by atoms with Crippen molar-refractivity contribution < 1.29 is 0 Å². The van der Waals surface area contributed by atoms with Gasteiger partial charge < -0.3 is 10.2 Å². The van der Waals surface area contributed by atoms with E-state index < -0.39 is 0 Å². The molecule has 1 aromatic heterocycles. The van der Waals surface area contributed by atoms with Crippen molar-refractivity contribution in [1.82, 2.24) is 14.9 Å². The molecule has 0 bridgehead atoms. The fraction of sp³-hybridized carbons (Fsp3) is 0.545. The molecule has 5 heteroatoms. The molecule has 1 aromatic rings. The topological polar surface area (TPSA) is 53.4 Å². The molecule has 0 radical (unpaired) electrons. The molecule has 1 N–H and O–H groups in total. The Labute approximate surface area is 94.6 Å². The van der Waals surface area contributed by atoms with E-state index in [1.807, 2.05) is 0 Å². The molecular weight excluding hydrogens is 202 g/mol. The van der Waals surface area contributed by atoms with Gasteiger partial charge in [-0.15, -0.1) is 0 Å². The maximum atomic E-state index is 4.54. The summed E-state index contributed by atoms with van der Waals surface area (Å²) in [5.74, 6) is 1.84. The van der Waals surface area contributed by atoms with Crippen LogP contribution in [0.1, 0.15) is 26.0 Å². The first-order valence-electron chi connectivity index (χ1n) is 5.66. The van der Waals surface area contributed by atoms with E-state index in [4.69, 9.17) is 0 Å². The van der Waals surface area contributed by atoms with Crippen molar-refractivity contribution in [3.63, 3.8) is 0 Å². The molecule has 0 amide bonds. The lowest BCUT2D eigenvalue weighted by Crippen LogP contribution is -2.57. The summed E-state index contributed by atoms with van der Waals surface area (Å²) in [6.07, 6.45) is 4.43. The number of nitrogens with zero attached hydrogens (tertiary/aromatic N) is 4. The lowest BCUT2D eigenvalue weighted by molar-refractivity contribution is 0.229. The summed E-state index contributed by atoms with van der Waals surface area (Å²) >= 11 is 0. The van der Waals surface area contributed by atoms with Crippen LogP contribution in [0.2, 0.25) is 0 Å². The van der Waals surface area contributed by atoms with Gasteiger partial charge in [0.05, 0.1) is 6.54 Å². The van der Waals surface area contributed by atoms with Crippen molar-refractivity contribution in [2.45, 2.75) is 25.9 Å². The Hall–Kier alpha value is -1.65. The molecule has 2 aliphatic rings. The summed E-state index contributed by atoms with van der Waals surface area (Å²) < 4.78 is 0. The third-order valence-electron chi connectivity index (χ3n) is 3.42. The number of hydrogen-bond donors (Lipinski definition) is 1. The number of aromatic nitrogens is 2. The molecule has 3 rings (SSSR count). The normalized spacial score (nSPS) is 26.9. The summed E-state index contributed by atoms with van der Waals surface area (Å²) in [6.45, 7) is 6.17. The van der Waals surface area contributed by atoms with Crippen molar-refractivity contribution >= 4 is 11.7 Å². The monoisotopic (exact) mass is 217 g/mol. The molecule has 16 heavy (non-hydrogen) atoms. The van der Waals surface area contributed by atoms with Gasteiger partial charge in [-0.05, 0) is 13.3 Å². The van der Waals surface area contributed by atoms with E-state index in [9.17, 15) is 0 Å². The molecule has 5 nitrogen and oxygen atoms in total. The van der Waals surface area contributed by atoms with Crippen LogP contribution in [0.4, 0.5) is 5.82 Å². The smallest absolute Gasteiger partial charge is 0.157 e. The number of anilines is 1.